The standard InChI is InChI=1S/C25H33N5S2/c1-28-10-4-5-23(28)25-27-22(16-32-25)21-15-30(31)24-20(21)13-18(14-26-24)17-6-8-19(9-7-17)29-11-2-3-12-29/h13-17,19,23,31H,2-12H2,1H3/t17-,19-,23?. The zero-order chi connectivity index (χ0) is 21.7. The topological polar surface area (TPSA) is 37.2 Å². The second kappa shape index (κ2) is 8.75. The van der Waals surface area contributed by atoms with Crippen molar-refractivity contribution >= 4 is 35.2 Å². The summed E-state index contributed by atoms with van der Waals surface area (Å²) in [6.07, 6.45) is 14.6. The number of hydrogen-bond donors (Lipinski definition) is 1. The Morgan fingerprint density at radius 1 is 1.03 bits per heavy atom. The van der Waals surface area contributed by atoms with Crippen LogP contribution in [0.25, 0.3) is 22.3 Å². The third-order valence-corrected chi connectivity index (χ3v) is 9.33. The molecule has 7 heteroatoms. The second-order valence-corrected chi connectivity index (χ2v) is 11.3. The van der Waals surface area contributed by atoms with Crippen molar-refractivity contribution in [2.45, 2.75) is 69.4 Å². The van der Waals surface area contributed by atoms with Crippen molar-refractivity contribution in [3.8, 4) is 11.3 Å². The van der Waals surface area contributed by atoms with Crippen molar-refractivity contribution in [3.05, 3.63) is 34.4 Å². The van der Waals surface area contributed by atoms with Gasteiger partial charge in [0.1, 0.15) is 10.7 Å². The van der Waals surface area contributed by atoms with Crippen LogP contribution in [0, 0.1) is 0 Å². The molecule has 2 aliphatic heterocycles. The average molecular weight is 468 g/mol. The molecule has 0 spiro atoms. The maximum absolute atomic E-state index is 5.07. The van der Waals surface area contributed by atoms with Crippen molar-refractivity contribution in [1.29, 1.82) is 0 Å². The summed E-state index contributed by atoms with van der Waals surface area (Å²) in [5.41, 5.74) is 4.56. The minimum atomic E-state index is 0.470. The van der Waals surface area contributed by atoms with Gasteiger partial charge in [-0.25, -0.2) is 9.97 Å². The predicted molar refractivity (Wildman–Crippen MR) is 136 cm³/mol. The number of nitrogens with zero attached hydrogens (tertiary/aromatic N) is 5. The fraction of sp³-hybridized carbons (Fsp3) is 0.600. The van der Waals surface area contributed by atoms with Crippen molar-refractivity contribution in [2.75, 3.05) is 26.7 Å². The highest BCUT2D eigenvalue weighted by Gasteiger charge is 2.29. The van der Waals surface area contributed by atoms with E-state index in [1.54, 1.807) is 11.3 Å². The molecule has 5 heterocycles. The Kier molecular flexibility index (Phi) is 5.78. The van der Waals surface area contributed by atoms with Gasteiger partial charge in [0, 0.05) is 34.8 Å². The molecule has 1 aliphatic carbocycles. The number of fused-ring (bicyclic) bond motifs is 1. The Balaban J connectivity index is 1.26. The molecule has 3 aromatic heterocycles. The maximum Gasteiger partial charge on any atom is 0.150 e. The van der Waals surface area contributed by atoms with Gasteiger partial charge in [-0.1, -0.05) is 12.8 Å². The molecule has 1 unspecified atom stereocenters. The van der Waals surface area contributed by atoms with Gasteiger partial charge in [0.15, 0.2) is 0 Å². The number of likely N-dealkylation sites (tertiary alicyclic amines) is 2. The van der Waals surface area contributed by atoms with Gasteiger partial charge in [-0.05, 0) is 95.6 Å². The molecular weight excluding hydrogens is 434 g/mol. The smallest absolute Gasteiger partial charge is 0.150 e. The molecule has 0 aromatic carbocycles. The lowest BCUT2D eigenvalue weighted by Crippen LogP contribution is -2.35. The summed E-state index contributed by atoms with van der Waals surface area (Å²) < 4.78 is 1.86. The van der Waals surface area contributed by atoms with E-state index in [0.717, 1.165) is 17.4 Å². The van der Waals surface area contributed by atoms with Crippen molar-refractivity contribution in [2.24, 2.45) is 0 Å². The summed E-state index contributed by atoms with van der Waals surface area (Å²) in [4.78, 5) is 15.1. The van der Waals surface area contributed by atoms with E-state index < -0.39 is 0 Å². The van der Waals surface area contributed by atoms with Gasteiger partial charge in [0.2, 0.25) is 0 Å². The molecule has 6 rings (SSSR count). The average Bonchev–Trinajstić information content (AvgIpc) is 3.61. The number of aromatic nitrogens is 3. The van der Waals surface area contributed by atoms with Gasteiger partial charge in [0.25, 0.3) is 0 Å². The first-order valence-electron chi connectivity index (χ1n) is 12.3. The molecule has 32 heavy (non-hydrogen) atoms. The number of rotatable bonds is 4. The SMILES string of the molecule is CN1CCCC1c1nc(-c2cn(S)c3ncc([C@H]4CC[C@H](N5CCCC5)CC4)cc23)cs1. The van der Waals surface area contributed by atoms with Crippen LogP contribution in [0.2, 0.25) is 0 Å². The van der Waals surface area contributed by atoms with E-state index in [2.05, 4.69) is 53.5 Å². The molecule has 170 valence electrons. The lowest BCUT2D eigenvalue weighted by atomic mass is 9.81. The molecular formula is C25H33N5S2. The van der Waals surface area contributed by atoms with Crippen LogP contribution in [0.3, 0.4) is 0 Å². The van der Waals surface area contributed by atoms with Crippen molar-refractivity contribution in [3.63, 3.8) is 0 Å². The predicted octanol–water partition coefficient (Wildman–Crippen LogP) is 5.74. The highest BCUT2D eigenvalue weighted by atomic mass is 32.1. The van der Waals surface area contributed by atoms with Crippen molar-refractivity contribution < 1.29 is 0 Å². The number of thiol groups is 1. The van der Waals surface area contributed by atoms with E-state index in [1.165, 1.54) is 92.5 Å². The summed E-state index contributed by atoms with van der Waals surface area (Å²) in [6.45, 7) is 3.80. The van der Waals surface area contributed by atoms with Gasteiger partial charge in [-0.3, -0.25) is 8.87 Å². The monoisotopic (exact) mass is 467 g/mol. The zero-order valence-corrected chi connectivity index (χ0v) is 20.6. The van der Waals surface area contributed by atoms with E-state index in [9.17, 15) is 0 Å². The van der Waals surface area contributed by atoms with Gasteiger partial charge < -0.3 is 4.90 Å². The van der Waals surface area contributed by atoms with Crippen LogP contribution in [-0.2, 0) is 0 Å². The molecule has 2 saturated heterocycles. The number of pyridine rings is 1. The third kappa shape index (κ3) is 3.81. The Morgan fingerprint density at radius 2 is 1.84 bits per heavy atom. The molecule has 0 bridgehead atoms. The van der Waals surface area contributed by atoms with Crippen LogP contribution >= 0.6 is 24.2 Å². The Hall–Kier alpha value is -1.41. The Labute approximate surface area is 200 Å². The minimum Gasteiger partial charge on any atom is -0.300 e. The lowest BCUT2D eigenvalue weighted by molar-refractivity contribution is 0.182. The summed E-state index contributed by atoms with van der Waals surface area (Å²) in [6, 6.07) is 3.66. The quantitative estimate of drug-likeness (QED) is 0.496. The van der Waals surface area contributed by atoms with Crippen LogP contribution in [0.4, 0.5) is 0 Å². The number of hydrogen-bond acceptors (Lipinski definition) is 6. The van der Waals surface area contributed by atoms with Gasteiger partial charge in [-0.15, -0.1) is 11.3 Å². The van der Waals surface area contributed by atoms with E-state index in [1.807, 2.05) is 3.97 Å². The van der Waals surface area contributed by atoms with E-state index in [0.29, 0.717) is 12.0 Å². The van der Waals surface area contributed by atoms with Crippen LogP contribution in [-0.4, -0.2) is 56.5 Å². The highest BCUT2D eigenvalue weighted by molar-refractivity contribution is 7.78. The van der Waals surface area contributed by atoms with Gasteiger partial charge >= 0.3 is 0 Å². The lowest BCUT2D eigenvalue weighted by Gasteiger charge is -2.34. The molecule has 0 N–H and O–H groups in total. The first kappa shape index (κ1) is 21.1. The van der Waals surface area contributed by atoms with E-state index >= 15 is 0 Å². The largest absolute Gasteiger partial charge is 0.300 e. The summed E-state index contributed by atoms with van der Waals surface area (Å²) in [5.74, 6) is 0.625. The van der Waals surface area contributed by atoms with Crippen LogP contribution in [0.1, 0.15) is 73.9 Å². The fourth-order valence-corrected chi connectivity index (χ4v) is 7.50. The van der Waals surface area contributed by atoms with Gasteiger partial charge in [-0.2, -0.15) is 0 Å². The first-order valence-corrected chi connectivity index (χ1v) is 13.6. The molecule has 0 radical (unpaired) electrons. The molecule has 1 saturated carbocycles. The zero-order valence-electron chi connectivity index (χ0n) is 18.9. The third-order valence-electron chi connectivity index (χ3n) is 8.07. The molecule has 5 nitrogen and oxygen atoms in total. The minimum absolute atomic E-state index is 0.470. The van der Waals surface area contributed by atoms with Gasteiger partial charge in [0.05, 0.1) is 11.7 Å². The van der Waals surface area contributed by atoms with Crippen LogP contribution < -0.4 is 0 Å². The molecule has 3 aliphatic rings. The summed E-state index contributed by atoms with van der Waals surface area (Å²) in [7, 11) is 2.22. The van der Waals surface area contributed by atoms with Crippen LogP contribution in [0.5, 0.6) is 0 Å². The number of thiazole rings is 1. The molecule has 1 atom stereocenters. The fourth-order valence-electron chi connectivity index (χ4n) is 6.20. The molecule has 0 amide bonds. The van der Waals surface area contributed by atoms with Crippen LogP contribution in [0.15, 0.2) is 23.8 Å². The van der Waals surface area contributed by atoms with Crippen molar-refractivity contribution in [1.82, 2.24) is 23.7 Å². The van der Waals surface area contributed by atoms with E-state index in [-0.39, 0.29) is 0 Å². The summed E-state index contributed by atoms with van der Waals surface area (Å²) >= 11 is 6.46. The second-order valence-electron chi connectivity index (χ2n) is 9.99. The summed E-state index contributed by atoms with van der Waals surface area (Å²) in [5, 5.41) is 4.65. The maximum atomic E-state index is 5.07. The highest BCUT2D eigenvalue weighted by Crippen LogP contribution is 2.40. The first-order chi connectivity index (χ1) is 15.7. The molecule has 3 fully saturated rings. The Morgan fingerprint density at radius 3 is 2.59 bits per heavy atom. The normalized spacial score (nSPS) is 27.6. The molecule has 3 aromatic rings. The van der Waals surface area contributed by atoms with E-state index in [4.69, 9.17) is 9.97 Å². The Bertz CT molecular complexity index is 1090.